The maximum absolute atomic E-state index is 11.7. The molecule has 2 rings (SSSR count). The van der Waals surface area contributed by atoms with Crippen molar-refractivity contribution in [3.63, 3.8) is 0 Å². The summed E-state index contributed by atoms with van der Waals surface area (Å²) in [5.74, 6) is 0.720. The van der Waals surface area contributed by atoms with Crippen molar-refractivity contribution in [3.8, 4) is 6.07 Å². The molecular weight excluding hydrogens is 250 g/mol. The molecule has 0 aromatic rings. The van der Waals surface area contributed by atoms with Crippen molar-refractivity contribution in [2.45, 2.75) is 45.1 Å². The fraction of sp³-hybridized carbons (Fsp3) is 0.923. The van der Waals surface area contributed by atoms with Crippen molar-refractivity contribution in [3.05, 3.63) is 0 Å². The second kappa shape index (κ2) is 4.21. The van der Waals surface area contributed by atoms with Gasteiger partial charge in [0.05, 0.1) is 23.2 Å². The SMILES string of the molecule is CC1CCC(O)(C2(C#N)CCS(=O)(=O)C2)CC1C. The zero-order chi connectivity index (χ0) is 13.6. The van der Waals surface area contributed by atoms with Gasteiger partial charge in [0, 0.05) is 0 Å². The van der Waals surface area contributed by atoms with Gasteiger partial charge >= 0.3 is 0 Å². The van der Waals surface area contributed by atoms with Gasteiger partial charge in [-0.25, -0.2) is 8.42 Å². The molecule has 0 aromatic heterocycles. The third-order valence-corrected chi connectivity index (χ3v) is 6.81. The van der Waals surface area contributed by atoms with Gasteiger partial charge in [-0.05, 0) is 37.5 Å². The molecule has 1 N–H and O–H groups in total. The Morgan fingerprint density at radius 1 is 1.28 bits per heavy atom. The van der Waals surface area contributed by atoms with Crippen molar-refractivity contribution in [1.82, 2.24) is 0 Å². The lowest BCUT2D eigenvalue weighted by Gasteiger charge is -2.46. The maximum Gasteiger partial charge on any atom is 0.152 e. The van der Waals surface area contributed by atoms with E-state index in [1.54, 1.807) is 0 Å². The minimum absolute atomic E-state index is 0.0345. The van der Waals surface area contributed by atoms with E-state index in [9.17, 15) is 18.8 Å². The topological polar surface area (TPSA) is 78.2 Å². The van der Waals surface area contributed by atoms with Crippen LogP contribution in [0.1, 0.15) is 39.5 Å². The highest BCUT2D eigenvalue weighted by Crippen LogP contribution is 2.50. The lowest BCUT2D eigenvalue weighted by atomic mass is 9.61. The molecule has 1 aliphatic heterocycles. The Hall–Kier alpha value is -0.600. The summed E-state index contributed by atoms with van der Waals surface area (Å²) >= 11 is 0. The predicted octanol–water partition coefficient (Wildman–Crippen LogP) is 1.50. The largest absolute Gasteiger partial charge is 0.388 e. The summed E-state index contributed by atoms with van der Waals surface area (Å²) in [6, 6.07) is 2.15. The number of hydrogen-bond acceptors (Lipinski definition) is 4. The van der Waals surface area contributed by atoms with Gasteiger partial charge in [0.1, 0.15) is 5.41 Å². The first-order valence-corrected chi connectivity index (χ1v) is 8.40. The molecular formula is C13H21NO3S. The van der Waals surface area contributed by atoms with Gasteiger partial charge in [-0.2, -0.15) is 5.26 Å². The van der Waals surface area contributed by atoms with E-state index in [1.165, 1.54) is 0 Å². The molecule has 102 valence electrons. The number of aliphatic hydroxyl groups is 1. The quantitative estimate of drug-likeness (QED) is 0.784. The van der Waals surface area contributed by atoms with E-state index in [0.29, 0.717) is 24.7 Å². The second-order valence-corrected chi connectivity index (χ2v) is 8.45. The third-order valence-electron chi connectivity index (χ3n) is 5.06. The van der Waals surface area contributed by atoms with E-state index in [0.717, 1.165) is 6.42 Å². The average molecular weight is 271 g/mol. The van der Waals surface area contributed by atoms with Crippen LogP contribution in [-0.4, -0.2) is 30.6 Å². The van der Waals surface area contributed by atoms with Crippen LogP contribution in [0.3, 0.4) is 0 Å². The highest BCUT2D eigenvalue weighted by atomic mass is 32.2. The third kappa shape index (κ3) is 2.06. The summed E-state index contributed by atoms with van der Waals surface area (Å²) in [6.45, 7) is 4.22. The lowest BCUT2D eigenvalue weighted by Crippen LogP contribution is -2.52. The highest BCUT2D eigenvalue weighted by molar-refractivity contribution is 7.91. The number of hydrogen-bond donors (Lipinski definition) is 1. The number of nitriles is 1. The molecule has 0 aromatic carbocycles. The number of sulfone groups is 1. The van der Waals surface area contributed by atoms with Gasteiger partial charge < -0.3 is 5.11 Å². The minimum atomic E-state index is -3.17. The zero-order valence-corrected chi connectivity index (χ0v) is 11.8. The summed E-state index contributed by atoms with van der Waals surface area (Å²) in [7, 11) is -3.17. The van der Waals surface area contributed by atoms with Crippen LogP contribution in [0.25, 0.3) is 0 Å². The molecule has 5 heteroatoms. The highest BCUT2D eigenvalue weighted by Gasteiger charge is 2.58. The molecule has 2 aliphatic rings. The van der Waals surface area contributed by atoms with E-state index in [1.807, 2.05) is 0 Å². The molecule has 4 unspecified atom stereocenters. The first-order chi connectivity index (χ1) is 8.24. The van der Waals surface area contributed by atoms with Gasteiger partial charge in [-0.1, -0.05) is 13.8 Å². The molecule has 1 saturated carbocycles. The molecule has 0 amide bonds. The first-order valence-electron chi connectivity index (χ1n) is 6.58. The normalized spacial score (nSPS) is 47.7. The van der Waals surface area contributed by atoms with E-state index >= 15 is 0 Å². The predicted molar refractivity (Wildman–Crippen MR) is 68.4 cm³/mol. The van der Waals surface area contributed by atoms with E-state index in [-0.39, 0.29) is 17.9 Å². The molecule has 1 saturated heterocycles. The molecule has 2 fully saturated rings. The number of rotatable bonds is 1. The van der Waals surface area contributed by atoms with Gasteiger partial charge in [-0.3, -0.25) is 0 Å². The molecule has 4 atom stereocenters. The van der Waals surface area contributed by atoms with Crippen LogP contribution in [-0.2, 0) is 9.84 Å². The van der Waals surface area contributed by atoms with Crippen LogP contribution in [0, 0.1) is 28.6 Å². The maximum atomic E-state index is 11.7. The Morgan fingerprint density at radius 2 is 1.94 bits per heavy atom. The summed E-state index contributed by atoms with van der Waals surface area (Å²) < 4.78 is 23.3. The smallest absolute Gasteiger partial charge is 0.152 e. The molecule has 4 nitrogen and oxygen atoms in total. The molecule has 0 radical (unpaired) electrons. The molecule has 0 spiro atoms. The summed E-state index contributed by atoms with van der Waals surface area (Å²) in [5.41, 5.74) is -2.21. The van der Waals surface area contributed by atoms with Crippen LogP contribution in [0.5, 0.6) is 0 Å². The fourth-order valence-electron chi connectivity index (χ4n) is 3.43. The van der Waals surface area contributed by atoms with Crippen LogP contribution in [0.15, 0.2) is 0 Å². The van der Waals surface area contributed by atoms with Crippen LogP contribution >= 0.6 is 0 Å². The van der Waals surface area contributed by atoms with Gasteiger partial charge in [0.15, 0.2) is 9.84 Å². The van der Waals surface area contributed by atoms with Crippen LogP contribution in [0.2, 0.25) is 0 Å². The summed E-state index contributed by atoms with van der Waals surface area (Å²) in [6.07, 6.45) is 2.23. The first kappa shape index (κ1) is 13.8. The molecule has 1 aliphatic carbocycles. The van der Waals surface area contributed by atoms with Crippen molar-refractivity contribution in [1.29, 1.82) is 5.26 Å². The van der Waals surface area contributed by atoms with Gasteiger partial charge in [-0.15, -0.1) is 0 Å². The summed E-state index contributed by atoms with van der Waals surface area (Å²) in [5, 5.41) is 20.3. The Labute approximate surface area is 109 Å². The van der Waals surface area contributed by atoms with E-state index in [2.05, 4.69) is 19.9 Å². The Morgan fingerprint density at radius 3 is 2.39 bits per heavy atom. The Bertz CT molecular complexity index is 481. The van der Waals surface area contributed by atoms with Crippen LogP contribution < -0.4 is 0 Å². The number of nitrogens with zero attached hydrogens (tertiary/aromatic N) is 1. The van der Waals surface area contributed by atoms with Crippen molar-refractivity contribution in [2.24, 2.45) is 17.3 Å². The van der Waals surface area contributed by atoms with Crippen molar-refractivity contribution >= 4 is 9.84 Å². The standard InChI is InChI=1S/C13H21NO3S/c1-10-3-4-13(15,7-11(10)2)12(8-14)5-6-18(16,17)9-12/h10-11,15H,3-7,9H2,1-2H3. The monoisotopic (exact) mass is 271 g/mol. The molecule has 18 heavy (non-hydrogen) atoms. The van der Waals surface area contributed by atoms with Crippen molar-refractivity contribution < 1.29 is 13.5 Å². The second-order valence-electron chi connectivity index (χ2n) is 6.26. The molecule has 0 bridgehead atoms. The molecule has 1 heterocycles. The van der Waals surface area contributed by atoms with E-state index < -0.39 is 20.9 Å². The Kier molecular flexibility index (Phi) is 3.23. The van der Waals surface area contributed by atoms with E-state index in [4.69, 9.17) is 0 Å². The van der Waals surface area contributed by atoms with Gasteiger partial charge in [0.25, 0.3) is 0 Å². The average Bonchev–Trinajstić information content (AvgIpc) is 2.62. The van der Waals surface area contributed by atoms with Crippen LogP contribution in [0.4, 0.5) is 0 Å². The Balaban J connectivity index is 2.32. The lowest BCUT2D eigenvalue weighted by molar-refractivity contribution is -0.0950. The fourth-order valence-corrected chi connectivity index (χ4v) is 5.46. The summed E-state index contributed by atoms with van der Waals surface area (Å²) in [4.78, 5) is 0. The zero-order valence-electron chi connectivity index (χ0n) is 11.0. The minimum Gasteiger partial charge on any atom is -0.388 e. The van der Waals surface area contributed by atoms with Gasteiger partial charge in [0.2, 0.25) is 0 Å². The van der Waals surface area contributed by atoms with Crippen molar-refractivity contribution in [2.75, 3.05) is 11.5 Å².